The van der Waals surface area contributed by atoms with Gasteiger partial charge in [-0.2, -0.15) is 0 Å². The fraction of sp³-hybridized carbons (Fsp3) is 0.462. The molecule has 94 valence electrons. The van der Waals surface area contributed by atoms with E-state index >= 15 is 0 Å². The molecule has 0 aliphatic rings. The Kier molecular flexibility index (Phi) is 4.97. The van der Waals surface area contributed by atoms with Crippen LogP contribution in [0.5, 0.6) is 5.75 Å². The van der Waals surface area contributed by atoms with Crippen LogP contribution in [0.4, 0.5) is 0 Å². The van der Waals surface area contributed by atoms with E-state index in [2.05, 4.69) is 0 Å². The first-order valence-corrected chi connectivity index (χ1v) is 5.70. The molecule has 0 radical (unpaired) electrons. The Balaban J connectivity index is 2.71. The van der Waals surface area contributed by atoms with Crippen molar-refractivity contribution in [2.24, 2.45) is 5.92 Å². The predicted molar refractivity (Wildman–Crippen MR) is 65.9 cm³/mol. The van der Waals surface area contributed by atoms with Crippen molar-refractivity contribution < 1.29 is 15.0 Å². The highest BCUT2D eigenvalue weighted by molar-refractivity contribution is 5.69. The maximum absolute atomic E-state index is 10.8. The first kappa shape index (κ1) is 13.5. The van der Waals surface area contributed by atoms with E-state index in [-0.39, 0.29) is 12.3 Å². The largest absolute Gasteiger partial charge is 0.508 e. The first-order valence-electron chi connectivity index (χ1n) is 5.70. The van der Waals surface area contributed by atoms with Crippen LogP contribution in [-0.2, 0) is 11.3 Å². The Morgan fingerprint density at radius 3 is 2.53 bits per heavy atom. The number of aliphatic carboxylic acids is 1. The third kappa shape index (κ3) is 4.87. The smallest absolute Gasteiger partial charge is 0.317 e. The molecule has 1 aromatic rings. The van der Waals surface area contributed by atoms with E-state index in [1.807, 2.05) is 30.9 Å². The minimum atomic E-state index is -0.846. The highest BCUT2D eigenvalue weighted by Gasteiger charge is 2.13. The summed E-state index contributed by atoms with van der Waals surface area (Å²) in [5.74, 6) is -0.243. The lowest BCUT2D eigenvalue weighted by molar-refractivity contribution is -0.138. The van der Waals surface area contributed by atoms with Crippen LogP contribution in [0.15, 0.2) is 24.3 Å². The lowest BCUT2D eigenvalue weighted by atomic mass is 10.1. The lowest BCUT2D eigenvalue weighted by Gasteiger charge is -2.22. The summed E-state index contributed by atoms with van der Waals surface area (Å²) in [6.07, 6.45) is 0. The molecule has 4 nitrogen and oxygen atoms in total. The predicted octanol–water partition coefficient (Wildman–Crippen LogP) is 1.93. The summed E-state index contributed by atoms with van der Waals surface area (Å²) < 4.78 is 0. The van der Waals surface area contributed by atoms with E-state index in [1.165, 1.54) is 0 Å². The molecule has 0 unspecified atom stereocenters. The zero-order valence-electron chi connectivity index (χ0n) is 10.3. The molecule has 0 aliphatic carbocycles. The van der Waals surface area contributed by atoms with Crippen LogP contribution in [-0.4, -0.2) is 34.2 Å². The minimum Gasteiger partial charge on any atom is -0.508 e. The number of benzene rings is 1. The normalized spacial score (nSPS) is 11.1. The maximum Gasteiger partial charge on any atom is 0.317 e. The number of carbonyl (C=O) groups is 1. The van der Waals surface area contributed by atoms with Crippen LogP contribution in [0.25, 0.3) is 0 Å². The third-order valence-corrected chi connectivity index (χ3v) is 2.37. The number of carboxylic acids is 1. The molecule has 0 saturated heterocycles. The van der Waals surface area contributed by atoms with Gasteiger partial charge < -0.3 is 10.2 Å². The molecule has 0 amide bonds. The van der Waals surface area contributed by atoms with Crippen molar-refractivity contribution in [3.63, 3.8) is 0 Å². The summed E-state index contributed by atoms with van der Waals surface area (Å²) in [5.41, 5.74) is 0.759. The number of carboxylic acid groups (broad SMARTS) is 1. The molecule has 0 atom stereocenters. The summed E-state index contributed by atoms with van der Waals surface area (Å²) in [6.45, 7) is 5.23. The number of rotatable bonds is 6. The standard InChI is InChI=1S/C13H19NO3/c1-10(2)7-14(9-13(16)17)8-11-5-3-4-6-12(11)15/h3-6,10,15H,7-9H2,1-2H3,(H,16,17). The van der Waals surface area contributed by atoms with Crippen molar-refractivity contribution in [1.29, 1.82) is 0 Å². The van der Waals surface area contributed by atoms with Gasteiger partial charge in [-0.3, -0.25) is 9.69 Å². The van der Waals surface area contributed by atoms with Gasteiger partial charge in [-0.15, -0.1) is 0 Å². The summed E-state index contributed by atoms with van der Waals surface area (Å²) in [4.78, 5) is 12.6. The van der Waals surface area contributed by atoms with Crippen molar-refractivity contribution in [2.45, 2.75) is 20.4 Å². The van der Waals surface area contributed by atoms with Crippen LogP contribution in [0, 0.1) is 5.92 Å². The van der Waals surface area contributed by atoms with Crippen LogP contribution >= 0.6 is 0 Å². The Morgan fingerprint density at radius 1 is 1.35 bits per heavy atom. The number of aromatic hydroxyl groups is 1. The second kappa shape index (κ2) is 6.25. The second-order valence-corrected chi connectivity index (χ2v) is 4.59. The Labute approximate surface area is 101 Å². The van der Waals surface area contributed by atoms with Crippen molar-refractivity contribution >= 4 is 5.97 Å². The van der Waals surface area contributed by atoms with Gasteiger partial charge in [0.05, 0.1) is 6.54 Å². The average molecular weight is 237 g/mol. The first-order chi connectivity index (χ1) is 7.99. The van der Waals surface area contributed by atoms with Gasteiger partial charge in [-0.1, -0.05) is 32.0 Å². The zero-order valence-corrected chi connectivity index (χ0v) is 10.3. The van der Waals surface area contributed by atoms with Crippen molar-refractivity contribution in [2.75, 3.05) is 13.1 Å². The highest BCUT2D eigenvalue weighted by atomic mass is 16.4. The van der Waals surface area contributed by atoms with Gasteiger partial charge in [0.15, 0.2) is 0 Å². The molecule has 0 spiro atoms. The van der Waals surface area contributed by atoms with Crippen molar-refractivity contribution in [3.05, 3.63) is 29.8 Å². The highest BCUT2D eigenvalue weighted by Crippen LogP contribution is 2.18. The second-order valence-electron chi connectivity index (χ2n) is 4.59. The van der Waals surface area contributed by atoms with Gasteiger partial charge in [0, 0.05) is 18.7 Å². The number of para-hydroxylation sites is 1. The quantitative estimate of drug-likeness (QED) is 0.793. The number of phenols is 1. The summed E-state index contributed by atoms with van der Waals surface area (Å²) in [6, 6.07) is 7.01. The topological polar surface area (TPSA) is 60.8 Å². The lowest BCUT2D eigenvalue weighted by Crippen LogP contribution is -2.32. The number of hydrogen-bond donors (Lipinski definition) is 2. The van der Waals surface area contributed by atoms with Crippen LogP contribution < -0.4 is 0 Å². The van der Waals surface area contributed by atoms with E-state index in [1.54, 1.807) is 12.1 Å². The molecule has 1 aromatic carbocycles. The molecule has 0 saturated carbocycles. The molecule has 4 heteroatoms. The Morgan fingerprint density at radius 2 is 2.00 bits per heavy atom. The van der Waals surface area contributed by atoms with E-state index in [0.717, 1.165) is 5.56 Å². The van der Waals surface area contributed by atoms with E-state index in [4.69, 9.17) is 5.11 Å². The number of phenolic OH excluding ortho intramolecular Hbond substituents is 1. The Hall–Kier alpha value is -1.55. The van der Waals surface area contributed by atoms with Gasteiger partial charge in [-0.25, -0.2) is 0 Å². The molecule has 0 heterocycles. The summed E-state index contributed by atoms with van der Waals surface area (Å²) in [5, 5.41) is 18.5. The van der Waals surface area contributed by atoms with E-state index in [0.29, 0.717) is 19.0 Å². The van der Waals surface area contributed by atoms with E-state index < -0.39 is 5.97 Å². The number of nitrogens with zero attached hydrogens (tertiary/aromatic N) is 1. The average Bonchev–Trinajstić information content (AvgIpc) is 2.19. The monoisotopic (exact) mass is 237 g/mol. The van der Waals surface area contributed by atoms with Gasteiger partial charge in [-0.05, 0) is 12.0 Å². The van der Waals surface area contributed by atoms with Crippen LogP contribution in [0.2, 0.25) is 0 Å². The molecule has 0 aliphatic heterocycles. The maximum atomic E-state index is 10.8. The minimum absolute atomic E-state index is 0.00743. The molecular weight excluding hydrogens is 218 g/mol. The van der Waals surface area contributed by atoms with Gasteiger partial charge in [0.2, 0.25) is 0 Å². The number of hydrogen-bond acceptors (Lipinski definition) is 3. The summed E-state index contributed by atoms with van der Waals surface area (Å²) >= 11 is 0. The SMILES string of the molecule is CC(C)CN(CC(=O)O)Cc1ccccc1O. The molecule has 0 fully saturated rings. The Bertz CT molecular complexity index is 377. The van der Waals surface area contributed by atoms with Crippen LogP contribution in [0.1, 0.15) is 19.4 Å². The zero-order chi connectivity index (χ0) is 12.8. The van der Waals surface area contributed by atoms with Crippen molar-refractivity contribution in [1.82, 2.24) is 4.90 Å². The van der Waals surface area contributed by atoms with Crippen molar-refractivity contribution in [3.8, 4) is 5.75 Å². The molecular formula is C13H19NO3. The van der Waals surface area contributed by atoms with Gasteiger partial charge in [0.25, 0.3) is 0 Å². The molecule has 2 N–H and O–H groups in total. The molecule has 1 rings (SSSR count). The fourth-order valence-corrected chi connectivity index (χ4v) is 1.78. The van der Waals surface area contributed by atoms with Gasteiger partial charge >= 0.3 is 5.97 Å². The van der Waals surface area contributed by atoms with Gasteiger partial charge in [0.1, 0.15) is 5.75 Å². The van der Waals surface area contributed by atoms with Crippen LogP contribution in [0.3, 0.4) is 0 Å². The fourth-order valence-electron chi connectivity index (χ4n) is 1.78. The summed E-state index contributed by atoms with van der Waals surface area (Å²) in [7, 11) is 0. The molecule has 0 bridgehead atoms. The van der Waals surface area contributed by atoms with E-state index in [9.17, 15) is 9.90 Å². The molecule has 0 aromatic heterocycles. The molecule has 17 heavy (non-hydrogen) atoms. The third-order valence-electron chi connectivity index (χ3n) is 2.37.